The van der Waals surface area contributed by atoms with Crippen LogP contribution in [0.5, 0.6) is 0 Å². The van der Waals surface area contributed by atoms with Gasteiger partial charge >= 0.3 is 0 Å². The molecule has 0 aromatic heterocycles. The van der Waals surface area contributed by atoms with Crippen LogP contribution in [0.3, 0.4) is 0 Å². The molecule has 0 radical (unpaired) electrons. The highest BCUT2D eigenvalue weighted by molar-refractivity contribution is 7.92. The third-order valence-electron chi connectivity index (χ3n) is 3.31. The molecule has 6 heteroatoms. The Morgan fingerprint density at radius 3 is 2.67 bits per heavy atom. The number of ether oxygens (including phenoxy) is 1. The second-order valence-electron chi connectivity index (χ2n) is 4.41. The van der Waals surface area contributed by atoms with E-state index >= 15 is 0 Å². The van der Waals surface area contributed by atoms with Crippen LogP contribution in [0.4, 0.5) is 4.39 Å². The van der Waals surface area contributed by atoms with E-state index in [1.54, 1.807) is 7.11 Å². The fraction of sp³-hybridized carbons (Fsp3) is 0.500. The molecule has 1 aliphatic rings. The predicted octanol–water partition coefficient (Wildman–Crippen LogP) is 2.82. The lowest BCUT2D eigenvalue weighted by molar-refractivity contribution is 0.109. The molecule has 1 aromatic rings. The van der Waals surface area contributed by atoms with Crippen LogP contribution in [0.1, 0.15) is 19.3 Å². The SMILES string of the molecule is CO[C@@H]1CC[C@@H](S(=O)(=O)c2ccc(F)cc2Cl)C1. The maximum Gasteiger partial charge on any atom is 0.182 e. The van der Waals surface area contributed by atoms with Crippen molar-refractivity contribution in [2.75, 3.05) is 7.11 Å². The van der Waals surface area contributed by atoms with Crippen molar-refractivity contribution >= 4 is 21.4 Å². The monoisotopic (exact) mass is 292 g/mol. The van der Waals surface area contributed by atoms with E-state index in [9.17, 15) is 12.8 Å². The minimum absolute atomic E-state index is 0.00678. The number of benzene rings is 1. The van der Waals surface area contributed by atoms with Gasteiger partial charge in [0.15, 0.2) is 9.84 Å². The Bertz CT molecular complexity index is 544. The minimum Gasteiger partial charge on any atom is -0.381 e. The van der Waals surface area contributed by atoms with Gasteiger partial charge in [-0.15, -0.1) is 0 Å². The Hall–Kier alpha value is -0.650. The summed E-state index contributed by atoms with van der Waals surface area (Å²) in [5.74, 6) is -0.542. The van der Waals surface area contributed by atoms with Gasteiger partial charge in [0.1, 0.15) is 5.82 Å². The lowest BCUT2D eigenvalue weighted by atomic mass is 10.3. The first-order chi connectivity index (χ1) is 8.45. The van der Waals surface area contributed by atoms with E-state index in [0.717, 1.165) is 18.6 Å². The standard InChI is InChI=1S/C12H14ClFO3S/c1-17-9-3-4-10(7-9)18(15,16)12-5-2-8(14)6-11(12)13/h2,5-6,9-10H,3-4,7H2,1H3/t9-,10-/m1/s1. The van der Waals surface area contributed by atoms with Gasteiger partial charge in [0, 0.05) is 7.11 Å². The third-order valence-corrected chi connectivity index (χ3v) is 6.01. The average Bonchev–Trinajstić information content (AvgIpc) is 2.77. The first-order valence-corrected chi connectivity index (χ1v) is 7.59. The molecule has 1 aliphatic carbocycles. The van der Waals surface area contributed by atoms with Crippen LogP contribution >= 0.6 is 11.6 Å². The number of hydrogen-bond acceptors (Lipinski definition) is 3. The summed E-state index contributed by atoms with van der Waals surface area (Å²) >= 11 is 5.81. The van der Waals surface area contributed by atoms with E-state index in [1.807, 2.05) is 0 Å². The smallest absolute Gasteiger partial charge is 0.182 e. The highest BCUT2D eigenvalue weighted by Gasteiger charge is 2.36. The topological polar surface area (TPSA) is 43.4 Å². The van der Waals surface area contributed by atoms with Crippen LogP contribution in [-0.2, 0) is 14.6 Å². The van der Waals surface area contributed by atoms with Gasteiger partial charge in [0.2, 0.25) is 0 Å². The number of sulfone groups is 1. The number of hydrogen-bond donors (Lipinski definition) is 0. The number of rotatable bonds is 3. The van der Waals surface area contributed by atoms with E-state index in [-0.39, 0.29) is 16.0 Å². The van der Waals surface area contributed by atoms with Gasteiger partial charge in [-0.3, -0.25) is 0 Å². The molecule has 0 unspecified atom stereocenters. The summed E-state index contributed by atoms with van der Waals surface area (Å²) in [5.41, 5.74) is 0. The summed E-state index contributed by atoms with van der Waals surface area (Å²) in [4.78, 5) is 0.00678. The lowest BCUT2D eigenvalue weighted by Gasteiger charge is -2.13. The van der Waals surface area contributed by atoms with Gasteiger partial charge in [0.05, 0.1) is 21.3 Å². The zero-order chi connectivity index (χ0) is 13.3. The van der Waals surface area contributed by atoms with Gasteiger partial charge < -0.3 is 4.74 Å². The molecule has 1 fully saturated rings. The summed E-state index contributed by atoms with van der Waals surface area (Å²) in [7, 11) is -1.93. The second-order valence-corrected chi connectivity index (χ2v) is 7.02. The molecule has 18 heavy (non-hydrogen) atoms. The van der Waals surface area contributed by atoms with E-state index in [0.29, 0.717) is 12.8 Å². The van der Waals surface area contributed by atoms with Crippen LogP contribution in [0, 0.1) is 5.82 Å². The molecule has 0 aliphatic heterocycles. The molecule has 0 spiro atoms. The molecule has 2 atom stereocenters. The fourth-order valence-electron chi connectivity index (χ4n) is 2.28. The van der Waals surface area contributed by atoms with Crippen molar-refractivity contribution in [3.8, 4) is 0 Å². The summed E-state index contributed by atoms with van der Waals surface area (Å²) < 4.78 is 42.8. The average molecular weight is 293 g/mol. The molecule has 1 saturated carbocycles. The summed E-state index contributed by atoms with van der Waals surface area (Å²) in [5, 5.41) is -0.554. The third kappa shape index (κ3) is 2.53. The molecular formula is C12H14ClFO3S. The summed E-state index contributed by atoms with van der Waals surface area (Å²) in [6, 6.07) is 3.37. The second kappa shape index (κ2) is 5.15. The molecule has 0 N–H and O–H groups in total. The molecule has 0 heterocycles. The molecule has 100 valence electrons. The zero-order valence-electron chi connectivity index (χ0n) is 9.90. The van der Waals surface area contributed by atoms with E-state index in [4.69, 9.17) is 16.3 Å². The van der Waals surface area contributed by atoms with Crippen molar-refractivity contribution in [1.29, 1.82) is 0 Å². The Kier molecular flexibility index (Phi) is 3.94. The van der Waals surface area contributed by atoms with Crippen molar-refractivity contribution in [2.24, 2.45) is 0 Å². The normalized spacial score (nSPS) is 24.4. The van der Waals surface area contributed by atoms with Crippen molar-refractivity contribution in [1.82, 2.24) is 0 Å². The van der Waals surface area contributed by atoms with Crippen molar-refractivity contribution < 1.29 is 17.5 Å². The quantitative estimate of drug-likeness (QED) is 0.805. The van der Waals surface area contributed by atoms with Crippen LogP contribution in [0.15, 0.2) is 23.1 Å². The molecule has 1 aromatic carbocycles. The van der Waals surface area contributed by atoms with E-state index < -0.39 is 20.9 Å². The Morgan fingerprint density at radius 1 is 1.39 bits per heavy atom. The summed E-state index contributed by atoms with van der Waals surface area (Å²) in [6.45, 7) is 0. The van der Waals surface area contributed by atoms with Crippen LogP contribution in [-0.4, -0.2) is 26.9 Å². The number of methoxy groups -OCH3 is 1. The predicted molar refractivity (Wildman–Crippen MR) is 67.0 cm³/mol. The van der Waals surface area contributed by atoms with Crippen LogP contribution in [0.2, 0.25) is 5.02 Å². The first-order valence-electron chi connectivity index (χ1n) is 5.67. The fourth-order valence-corrected chi connectivity index (χ4v) is 4.63. The lowest BCUT2D eigenvalue weighted by Crippen LogP contribution is -2.20. The molecule has 0 amide bonds. The van der Waals surface area contributed by atoms with Gasteiger partial charge in [0.25, 0.3) is 0 Å². The minimum atomic E-state index is -3.51. The summed E-state index contributed by atoms with van der Waals surface area (Å²) in [6.07, 6.45) is 1.71. The maximum absolute atomic E-state index is 12.9. The van der Waals surface area contributed by atoms with Crippen molar-refractivity contribution in [2.45, 2.75) is 35.5 Å². The molecular weight excluding hydrogens is 279 g/mol. The zero-order valence-corrected chi connectivity index (χ0v) is 11.5. The molecule has 3 nitrogen and oxygen atoms in total. The molecule has 0 bridgehead atoms. The van der Waals surface area contributed by atoms with Crippen LogP contribution < -0.4 is 0 Å². The first kappa shape index (κ1) is 13.8. The Morgan fingerprint density at radius 2 is 2.11 bits per heavy atom. The van der Waals surface area contributed by atoms with Gasteiger partial charge in [-0.05, 0) is 37.5 Å². The van der Waals surface area contributed by atoms with E-state index in [1.165, 1.54) is 6.07 Å². The highest BCUT2D eigenvalue weighted by atomic mass is 35.5. The van der Waals surface area contributed by atoms with Crippen molar-refractivity contribution in [3.63, 3.8) is 0 Å². The number of halogens is 2. The van der Waals surface area contributed by atoms with Crippen molar-refractivity contribution in [3.05, 3.63) is 29.0 Å². The largest absolute Gasteiger partial charge is 0.381 e. The molecule has 0 saturated heterocycles. The van der Waals surface area contributed by atoms with E-state index in [2.05, 4.69) is 0 Å². The van der Waals surface area contributed by atoms with Crippen LogP contribution in [0.25, 0.3) is 0 Å². The highest BCUT2D eigenvalue weighted by Crippen LogP contribution is 2.34. The maximum atomic E-state index is 12.9. The Labute approximate surface area is 111 Å². The van der Waals surface area contributed by atoms with Gasteiger partial charge in [-0.2, -0.15) is 0 Å². The van der Waals surface area contributed by atoms with Gasteiger partial charge in [-0.1, -0.05) is 11.6 Å². The Balaban J connectivity index is 2.31. The molecule has 2 rings (SSSR count). The van der Waals surface area contributed by atoms with Gasteiger partial charge in [-0.25, -0.2) is 12.8 Å².